The largest absolute Gasteiger partial charge is 0.497 e. The van der Waals surface area contributed by atoms with Gasteiger partial charge in [0.15, 0.2) is 0 Å². The van der Waals surface area contributed by atoms with Crippen LogP contribution in [0.4, 0.5) is 0 Å². The van der Waals surface area contributed by atoms with Crippen LogP contribution in [0.3, 0.4) is 0 Å². The average Bonchev–Trinajstić information content (AvgIpc) is 2.65. The van der Waals surface area contributed by atoms with Crippen LogP contribution in [0.1, 0.15) is 49.2 Å². The van der Waals surface area contributed by atoms with E-state index in [-0.39, 0.29) is 17.6 Å². The summed E-state index contributed by atoms with van der Waals surface area (Å²) >= 11 is 0. The van der Waals surface area contributed by atoms with E-state index in [2.05, 4.69) is 18.8 Å². The van der Waals surface area contributed by atoms with Crippen molar-refractivity contribution in [1.29, 1.82) is 0 Å². The van der Waals surface area contributed by atoms with Crippen LogP contribution in [-0.2, 0) is 4.79 Å². The number of nitrogens with zero attached hydrogens (tertiary/aromatic N) is 2. The summed E-state index contributed by atoms with van der Waals surface area (Å²) in [5.74, 6) is 1.29. The Morgan fingerprint density at radius 1 is 1.30 bits per heavy atom. The molecule has 5 nitrogen and oxygen atoms in total. The smallest absolute Gasteiger partial charge is 0.254 e. The van der Waals surface area contributed by atoms with Gasteiger partial charge in [-0.05, 0) is 43.9 Å². The van der Waals surface area contributed by atoms with Crippen molar-refractivity contribution in [3.05, 3.63) is 35.5 Å². The Hall–Kier alpha value is -2.43. The van der Waals surface area contributed by atoms with Gasteiger partial charge in [-0.1, -0.05) is 13.8 Å². The summed E-state index contributed by atoms with van der Waals surface area (Å²) in [6, 6.07) is 7.43. The number of rotatable bonds is 5. The number of carbonyl (C=O) groups is 2. The molecule has 1 unspecified atom stereocenters. The highest BCUT2D eigenvalue weighted by Crippen LogP contribution is 2.27. The molecule has 0 radical (unpaired) electrons. The van der Waals surface area contributed by atoms with Gasteiger partial charge in [0.25, 0.3) is 5.91 Å². The van der Waals surface area contributed by atoms with Crippen LogP contribution in [0, 0.1) is 18.8 Å². The number of piperidine rings is 1. The first-order chi connectivity index (χ1) is 12.9. The molecule has 5 heteroatoms. The zero-order valence-corrected chi connectivity index (χ0v) is 16.6. The topological polar surface area (TPSA) is 59.5 Å². The van der Waals surface area contributed by atoms with E-state index in [1.807, 2.05) is 36.1 Å². The molecule has 144 valence electrons. The Morgan fingerprint density at radius 2 is 2.07 bits per heavy atom. The zero-order chi connectivity index (χ0) is 19.6. The van der Waals surface area contributed by atoms with E-state index in [9.17, 15) is 9.59 Å². The highest BCUT2D eigenvalue weighted by atomic mass is 16.5. The molecule has 0 N–H and O–H groups in total. The summed E-state index contributed by atoms with van der Waals surface area (Å²) in [6.45, 7) is 7.22. The predicted octanol–water partition coefficient (Wildman–Crippen LogP) is 4.02. The standard InChI is InChI=1S/C22H28N2O3/c1-14(2)10-21(25)16-6-5-9-24(13-16)22(26)19-11-15(3)23-20-12-17(27-4)7-8-18(19)20/h7-8,11-12,14,16H,5-6,9-10,13H2,1-4H3. The Labute approximate surface area is 160 Å². The molecule has 1 saturated heterocycles. The number of hydrogen-bond acceptors (Lipinski definition) is 4. The minimum Gasteiger partial charge on any atom is -0.497 e. The Morgan fingerprint density at radius 3 is 2.78 bits per heavy atom. The van der Waals surface area contributed by atoms with Gasteiger partial charge in [-0.15, -0.1) is 0 Å². The third-order valence-corrected chi connectivity index (χ3v) is 5.15. The molecule has 1 amide bonds. The number of fused-ring (bicyclic) bond motifs is 1. The van der Waals surface area contributed by atoms with E-state index >= 15 is 0 Å². The van der Waals surface area contributed by atoms with E-state index < -0.39 is 0 Å². The highest BCUT2D eigenvalue weighted by molar-refractivity contribution is 6.06. The van der Waals surface area contributed by atoms with Gasteiger partial charge in [-0.3, -0.25) is 14.6 Å². The fourth-order valence-corrected chi connectivity index (χ4v) is 3.81. The fraction of sp³-hybridized carbons (Fsp3) is 0.500. The summed E-state index contributed by atoms with van der Waals surface area (Å²) in [5.41, 5.74) is 2.20. The van der Waals surface area contributed by atoms with Crippen molar-refractivity contribution in [3.63, 3.8) is 0 Å². The minimum absolute atomic E-state index is 0.0160. The Bertz CT molecular complexity index is 860. The number of ketones is 1. The number of aryl methyl sites for hydroxylation is 1. The van der Waals surface area contributed by atoms with Crippen LogP contribution in [0.5, 0.6) is 5.75 Å². The molecule has 0 bridgehead atoms. The molecule has 2 aromatic rings. The molecule has 1 aromatic carbocycles. The number of ether oxygens (including phenoxy) is 1. The molecule has 3 rings (SSSR count). The quantitative estimate of drug-likeness (QED) is 0.800. The van der Waals surface area contributed by atoms with Crippen molar-refractivity contribution in [3.8, 4) is 5.75 Å². The first-order valence-corrected chi connectivity index (χ1v) is 9.66. The molecule has 0 saturated carbocycles. The van der Waals surface area contributed by atoms with Crippen LogP contribution < -0.4 is 4.74 Å². The zero-order valence-electron chi connectivity index (χ0n) is 16.6. The summed E-state index contributed by atoms with van der Waals surface area (Å²) < 4.78 is 5.28. The van der Waals surface area contributed by atoms with Crippen molar-refractivity contribution < 1.29 is 14.3 Å². The lowest BCUT2D eigenvalue weighted by atomic mass is 9.89. The third-order valence-electron chi connectivity index (χ3n) is 5.15. The number of benzene rings is 1. The van der Waals surface area contributed by atoms with Gasteiger partial charge in [0.05, 0.1) is 18.2 Å². The average molecular weight is 368 g/mol. The summed E-state index contributed by atoms with van der Waals surface area (Å²) in [6.07, 6.45) is 2.34. The summed E-state index contributed by atoms with van der Waals surface area (Å²) in [5, 5.41) is 0.821. The number of hydrogen-bond donors (Lipinski definition) is 0. The second-order valence-electron chi connectivity index (χ2n) is 7.85. The first-order valence-electron chi connectivity index (χ1n) is 9.66. The molecule has 1 aliphatic rings. The van der Waals surface area contributed by atoms with Crippen molar-refractivity contribution in [2.24, 2.45) is 11.8 Å². The van der Waals surface area contributed by atoms with Crippen LogP contribution >= 0.6 is 0 Å². The molecule has 1 aliphatic heterocycles. The molecule has 1 atom stereocenters. The van der Waals surface area contributed by atoms with Crippen molar-refractivity contribution >= 4 is 22.6 Å². The monoisotopic (exact) mass is 368 g/mol. The van der Waals surface area contributed by atoms with Crippen LogP contribution in [0.15, 0.2) is 24.3 Å². The van der Waals surface area contributed by atoms with Crippen LogP contribution in [0.25, 0.3) is 10.9 Å². The van der Waals surface area contributed by atoms with E-state index in [0.717, 1.165) is 35.2 Å². The number of carbonyl (C=O) groups excluding carboxylic acids is 2. The second-order valence-corrected chi connectivity index (χ2v) is 7.85. The lowest BCUT2D eigenvalue weighted by molar-refractivity contribution is -0.124. The maximum atomic E-state index is 13.3. The van der Waals surface area contributed by atoms with Gasteiger partial charge in [0.1, 0.15) is 11.5 Å². The lowest BCUT2D eigenvalue weighted by Gasteiger charge is -2.32. The van der Waals surface area contributed by atoms with Gasteiger partial charge in [-0.2, -0.15) is 0 Å². The van der Waals surface area contributed by atoms with Crippen molar-refractivity contribution in [2.45, 2.75) is 40.0 Å². The fourth-order valence-electron chi connectivity index (χ4n) is 3.81. The molecule has 2 heterocycles. The number of methoxy groups -OCH3 is 1. The molecule has 0 aliphatic carbocycles. The van der Waals surface area contributed by atoms with E-state index in [1.165, 1.54) is 0 Å². The van der Waals surface area contributed by atoms with Gasteiger partial charge >= 0.3 is 0 Å². The lowest BCUT2D eigenvalue weighted by Crippen LogP contribution is -2.42. The Balaban J connectivity index is 1.88. The highest BCUT2D eigenvalue weighted by Gasteiger charge is 2.29. The van der Waals surface area contributed by atoms with Crippen LogP contribution in [0.2, 0.25) is 0 Å². The second kappa shape index (κ2) is 8.07. The SMILES string of the molecule is COc1ccc2c(C(=O)N3CCCC(C(=O)CC(C)C)C3)cc(C)nc2c1. The van der Waals surface area contributed by atoms with E-state index in [1.54, 1.807) is 7.11 Å². The first kappa shape index (κ1) is 19.3. The number of Topliss-reactive ketones (excluding diaryl/α,β-unsaturated/α-hetero) is 1. The normalized spacial score (nSPS) is 17.4. The van der Waals surface area contributed by atoms with Gasteiger partial charge in [0, 0.05) is 42.6 Å². The minimum atomic E-state index is -0.0422. The number of amides is 1. The molecular weight excluding hydrogens is 340 g/mol. The van der Waals surface area contributed by atoms with E-state index in [0.29, 0.717) is 31.0 Å². The van der Waals surface area contributed by atoms with Gasteiger partial charge in [0.2, 0.25) is 0 Å². The predicted molar refractivity (Wildman–Crippen MR) is 106 cm³/mol. The van der Waals surface area contributed by atoms with Crippen molar-refractivity contribution in [2.75, 3.05) is 20.2 Å². The maximum Gasteiger partial charge on any atom is 0.254 e. The molecule has 27 heavy (non-hydrogen) atoms. The molecule has 1 fully saturated rings. The molecule has 1 aromatic heterocycles. The Kier molecular flexibility index (Phi) is 5.78. The maximum absolute atomic E-state index is 13.3. The van der Waals surface area contributed by atoms with Gasteiger partial charge in [-0.25, -0.2) is 0 Å². The van der Waals surface area contributed by atoms with Crippen LogP contribution in [-0.4, -0.2) is 41.8 Å². The summed E-state index contributed by atoms with van der Waals surface area (Å²) in [4.78, 5) is 32.1. The number of aromatic nitrogens is 1. The third kappa shape index (κ3) is 4.29. The molecular formula is C22H28N2O3. The number of likely N-dealkylation sites (tertiary alicyclic amines) is 1. The summed E-state index contributed by atoms with van der Waals surface area (Å²) in [7, 11) is 1.62. The van der Waals surface area contributed by atoms with Crippen molar-refractivity contribution in [1.82, 2.24) is 9.88 Å². The van der Waals surface area contributed by atoms with Gasteiger partial charge < -0.3 is 9.64 Å². The van der Waals surface area contributed by atoms with E-state index in [4.69, 9.17) is 4.74 Å². The molecule has 0 spiro atoms. The number of pyridine rings is 1.